The van der Waals surface area contributed by atoms with Crippen molar-refractivity contribution in [3.63, 3.8) is 0 Å². The number of rotatable bonds is 5. The van der Waals surface area contributed by atoms with Gasteiger partial charge in [-0.3, -0.25) is 0 Å². The quantitative estimate of drug-likeness (QED) is 0.846. The van der Waals surface area contributed by atoms with Crippen molar-refractivity contribution < 1.29 is 8.81 Å². The van der Waals surface area contributed by atoms with Crippen LogP contribution < -0.4 is 5.32 Å². The second-order valence-corrected chi connectivity index (χ2v) is 4.28. The summed E-state index contributed by atoms with van der Waals surface area (Å²) in [7, 11) is 0. The van der Waals surface area contributed by atoms with Crippen molar-refractivity contribution >= 4 is 11.6 Å². The molecule has 3 nitrogen and oxygen atoms in total. The summed E-state index contributed by atoms with van der Waals surface area (Å²) < 4.78 is 19.2. The lowest BCUT2D eigenvalue weighted by Crippen LogP contribution is -2.16. The first-order valence-electron chi connectivity index (χ1n) is 5.81. The van der Waals surface area contributed by atoms with Crippen LogP contribution in [0.5, 0.6) is 0 Å². The number of nitrogens with zero attached hydrogens (tertiary/aromatic N) is 1. The summed E-state index contributed by atoms with van der Waals surface area (Å²) in [6, 6.07) is 4.48. The van der Waals surface area contributed by atoms with Gasteiger partial charge in [-0.15, -0.1) is 0 Å². The van der Waals surface area contributed by atoms with Crippen molar-refractivity contribution in [1.29, 1.82) is 0 Å². The second kappa shape index (κ2) is 5.98. The zero-order valence-electron chi connectivity index (χ0n) is 10.0. The van der Waals surface area contributed by atoms with E-state index in [1.807, 2.05) is 6.92 Å². The highest BCUT2D eigenvalue weighted by molar-refractivity contribution is 6.30. The number of hydrogen-bond donors (Lipinski definition) is 1. The van der Waals surface area contributed by atoms with E-state index < -0.39 is 5.82 Å². The van der Waals surface area contributed by atoms with E-state index in [2.05, 4.69) is 10.3 Å². The Morgan fingerprint density at radius 2 is 2.28 bits per heavy atom. The zero-order chi connectivity index (χ0) is 13.0. The predicted molar refractivity (Wildman–Crippen MR) is 69.2 cm³/mol. The summed E-state index contributed by atoms with van der Waals surface area (Å²) in [5, 5.41) is 3.54. The van der Waals surface area contributed by atoms with Gasteiger partial charge in [-0.05, 0) is 24.7 Å². The van der Waals surface area contributed by atoms with Crippen LogP contribution >= 0.6 is 11.6 Å². The maximum absolute atomic E-state index is 13.7. The van der Waals surface area contributed by atoms with Gasteiger partial charge >= 0.3 is 0 Å². The number of nitrogens with one attached hydrogen (secondary N) is 1. The van der Waals surface area contributed by atoms with E-state index in [1.165, 1.54) is 12.3 Å². The third kappa shape index (κ3) is 3.09. The first-order valence-corrected chi connectivity index (χ1v) is 6.19. The normalized spacial score (nSPS) is 10.8. The molecule has 0 aliphatic rings. The van der Waals surface area contributed by atoms with Crippen LogP contribution in [0, 0.1) is 5.82 Å². The molecular formula is C13H14ClFN2O. The van der Waals surface area contributed by atoms with Gasteiger partial charge in [0.15, 0.2) is 11.7 Å². The Labute approximate surface area is 110 Å². The van der Waals surface area contributed by atoms with Crippen molar-refractivity contribution in [1.82, 2.24) is 10.3 Å². The van der Waals surface area contributed by atoms with Gasteiger partial charge in [0, 0.05) is 18.0 Å². The lowest BCUT2D eigenvalue weighted by Gasteiger charge is -2.00. The molecular weight excluding hydrogens is 255 g/mol. The maximum Gasteiger partial charge on any atom is 0.196 e. The van der Waals surface area contributed by atoms with Crippen LogP contribution in [0.3, 0.4) is 0 Å². The van der Waals surface area contributed by atoms with Crippen molar-refractivity contribution in [2.45, 2.75) is 13.3 Å². The molecule has 5 heteroatoms. The van der Waals surface area contributed by atoms with E-state index in [0.29, 0.717) is 28.7 Å². The van der Waals surface area contributed by atoms with Gasteiger partial charge in [0.2, 0.25) is 0 Å². The van der Waals surface area contributed by atoms with E-state index in [4.69, 9.17) is 16.0 Å². The molecule has 2 aromatic rings. The number of likely N-dealkylation sites (N-methyl/N-ethyl adjacent to an activating group) is 1. The molecule has 18 heavy (non-hydrogen) atoms. The summed E-state index contributed by atoms with van der Waals surface area (Å²) in [6.45, 7) is 3.73. The third-order valence-electron chi connectivity index (χ3n) is 2.52. The summed E-state index contributed by atoms with van der Waals surface area (Å²) in [4.78, 5) is 4.12. The molecule has 1 N–H and O–H groups in total. The molecule has 1 aromatic heterocycles. The van der Waals surface area contributed by atoms with Crippen LogP contribution in [0.4, 0.5) is 4.39 Å². The molecule has 0 saturated carbocycles. The van der Waals surface area contributed by atoms with E-state index >= 15 is 0 Å². The number of aromatic nitrogens is 1. The summed E-state index contributed by atoms with van der Waals surface area (Å²) >= 11 is 5.70. The fraction of sp³-hybridized carbons (Fsp3) is 0.308. The van der Waals surface area contributed by atoms with E-state index in [9.17, 15) is 4.39 Å². The summed E-state index contributed by atoms with van der Waals surface area (Å²) in [5.41, 5.74) is 0.376. The smallest absolute Gasteiger partial charge is 0.196 e. The topological polar surface area (TPSA) is 38.1 Å². The van der Waals surface area contributed by atoms with Gasteiger partial charge < -0.3 is 9.73 Å². The average molecular weight is 269 g/mol. The van der Waals surface area contributed by atoms with Gasteiger partial charge in [0.05, 0.1) is 11.8 Å². The third-order valence-corrected chi connectivity index (χ3v) is 2.75. The Kier molecular flexibility index (Phi) is 4.33. The van der Waals surface area contributed by atoms with Gasteiger partial charge in [-0.25, -0.2) is 9.37 Å². The largest absolute Gasteiger partial charge is 0.441 e. The van der Waals surface area contributed by atoms with Gasteiger partial charge in [0.25, 0.3) is 0 Å². The first-order chi connectivity index (χ1) is 8.70. The molecule has 96 valence electrons. The van der Waals surface area contributed by atoms with Crippen LogP contribution in [0.25, 0.3) is 11.3 Å². The molecule has 0 unspecified atom stereocenters. The molecule has 0 fully saturated rings. The number of oxazole rings is 1. The van der Waals surface area contributed by atoms with Gasteiger partial charge in [0.1, 0.15) is 5.82 Å². The number of halogens is 2. The Balaban J connectivity index is 2.13. The van der Waals surface area contributed by atoms with Crippen LogP contribution in [-0.4, -0.2) is 18.1 Å². The van der Waals surface area contributed by atoms with E-state index in [0.717, 1.165) is 13.1 Å². The SMILES string of the molecule is CCNCCc1ncc(-c2ccc(Cl)cc2F)o1. The van der Waals surface area contributed by atoms with E-state index in [1.54, 1.807) is 12.1 Å². The molecule has 0 saturated heterocycles. The molecule has 1 heterocycles. The fourth-order valence-corrected chi connectivity index (χ4v) is 1.77. The fourth-order valence-electron chi connectivity index (χ4n) is 1.61. The van der Waals surface area contributed by atoms with Crippen LogP contribution in [0.15, 0.2) is 28.8 Å². The lowest BCUT2D eigenvalue weighted by atomic mass is 10.2. The standard InChI is InChI=1S/C13H14ClFN2O/c1-2-16-6-5-13-17-8-12(18-13)10-4-3-9(14)7-11(10)15/h3-4,7-8,16H,2,5-6H2,1H3. The highest BCUT2D eigenvalue weighted by Crippen LogP contribution is 2.25. The van der Waals surface area contributed by atoms with Gasteiger partial charge in [-0.2, -0.15) is 0 Å². The highest BCUT2D eigenvalue weighted by Gasteiger charge is 2.11. The van der Waals surface area contributed by atoms with Crippen LogP contribution in [-0.2, 0) is 6.42 Å². The lowest BCUT2D eigenvalue weighted by molar-refractivity contribution is 0.494. The molecule has 0 aliphatic carbocycles. The molecule has 0 bridgehead atoms. The van der Waals surface area contributed by atoms with Gasteiger partial charge in [-0.1, -0.05) is 18.5 Å². The number of hydrogen-bond acceptors (Lipinski definition) is 3. The minimum absolute atomic E-state index is 0.364. The number of benzene rings is 1. The van der Waals surface area contributed by atoms with Crippen molar-refractivity contribution in [3.8, 4) is 11.3 Å². The van der Waals surface area contributed by atoms with Crippen LogP contribution in [0.1, 0.15) is 12.8 Å². The second-order valence-electron chi connectivity index (χ2n) is 3.85. The molecule has 0 spiro atoms. The Morgan fingerprint density at radius 3 is 3.00 bits per heavy atom. The van der Waals surface area contributed by atoms with Crippen molar-refractivity contribution in [2.24, 2.45) is 0 Å². The summed E-state index contributed by atoms with van der Waals surface area (Å²) in [6.07, 6.45) is 2.22. The average Bonchev–Trinajstić information content (AvgIpc) is 2.78. The molecule has 2 rings (SSSR count). The first kappa shape index (κ1) is 13.1. The van der Waals surface area contributed by atoms with E-state index in [-0.39, 0.29) is 0 Å². The van der Waals surface area contributed by atoms with Crippen molar-refractivity contribution in [2.75, 3.05) is 13.1 Å². The Morgan fingerprint density at radius 1 is 1.44 bits per heavy atom. The van der Waals surface area contributed by atoms with Crippen LogP contribution in [0.2, 0.25) is 5.02 Å². The molecule has 0 amide bonds. The molecule has 0 aliphatic heterocycles. The zero-order valence-corrected chi connectivity index (χ0v) is 10.8. The minimum atomic E-state index is -0.406. The van der Waals surface area contributed by atoms with Crippen molar-refractivity contribution in [3.05, 3.63) is 41.1 Å². The minimum Gasteiger partial charge on any atom is -0.441 e. The Bertz CT molecular complexity index is 527. The molecule has 0 radical (unpaired) electrons. The maximum atomic E-state index is 13.7. The summed E-state index contributed by atoms with van der Waals surface area (Å²) in [5.74, 6) is 0.618. The predicted octanol–water partition coefficient (Wildman–Crippen LogP) is 3.29. The monoisotopic (exact) mass is 268 g/mol. The molecule has 1 aromatic carbocycles. The Hall–Kier alpha value is -1.39. The highest BCUT2D eigenvalue weighted by atomic mass is 35.5. The molecule has 0 atom stereocenters.